The first-order valence-electron chi connectivity index (χ1n) is 6.23. The normalized spacial score (nSPS) is 13.6. The topological polar surface area (TPSA) is 40.5 Å². The van der Waals surface area contributed by atoms with Crippen LogP contribution in [0.2, 0.25) is 0 Å². The van der Waals surface area contributed by atoms with Crippen LogP contribution in [-0.2, 0) is 4.79 Å². The number of aliphatic hydroxyl groups is 1. The number of hydrogen-bond donors (Lipinski definition) is 1. The molecule has 0 aliphatic carbocycles. The van der Waals surface area contributed by atoms with Crippen LogP contribution in [0.15, 0.2) is 0 Å². The molecule has 3 nitrogen and oxygen atoms in total. The van der Waals surface area contributed by atoms with Gasteiger partial charge in [0.05, 0.1) is 6.61 Å². The van der Waals surface area contributed by atoms with Crippen molar-refractivity contribution in [3.63, 3.8) is 0 Å². The number of carbonyl (C=O) groups is 1. The number of carbonyl (C=O) groups excluding carboxylic acids is 1. The Hall–Kier alpha value is -0.570. The fourth-order valence-electron chi connectivity index (χ4n) is 1.49. The third kappa shape index (κ3) is 5.50. The van der Waals surface area contributed by atoms with E-state index in [1.807, 2.05) is 20.8 Å². The first-order valence-corrected chi connectivity index (χ1v) is 6.23. The Morgan fingerprint density at radius 2 is 1.88 bits per heavy atom. The lowest BCUT2D eigenvalue weighted by Crippen LogP contribution is -2.42. The molecule has 0 aliphatic rings. The molecule has 0 heterocycles. The van der Waals surface area contributed by atoms with Gasteiger partial charge in [-0.05, 0) is 12.3 Å². The Labute approximate surface area is 99.8 Å². The first kappa shape index (κ1) is 15.4. The summed E-state index contributed by atoms with van der Waals surface area (Å²) >= 11 is 0. The van der Waals surface area contributed by atoms with Crippen LogP contribution < -0.4 is 0 Å². The van der Waals surface area contributed by atoms with Gasteiger partial charge >= 0.3 is 0 Å². The monoisotopic (exact) mass is 229 g/mol. The van der Waals surface area contributed by atoms with E-state index >= 15 is 0 Å². The fourth-order valence-corrected chi connectivity index (χ4v) is 1.49. The summed E-state index contributed by atoms with van der Waals surface area (Å²) < 4.78 is 0. The van der Waals surface area contributed by atoms with E-state index in [9.17, 15) is 4.79 Å². The minimum absolute atomic E-state index is 0.0440. The van der Waals surface area contributed by atoms with Gasteiger partial charge in [0.25, 0.3) is 0 Å². The summed E-state index contributed by atoms with van der Waals surface area (Å²) in [5, 5.41) is 8.98. The van der Waals surface area contributed by atoms with Gasteiger partial charge in [0.2, 0.25) is 5.91 Å². The molecule has 1 atom stereocenters. The zero-order chi connectivity index (χ0) is 12.8. The molecule has 1 N–H and O–H groups in total. The highest BCUT2D eigenvalue weighted by Gasteiger charge is 2.26. The van der Waals surface area contributed by atoms with Crippen molar-refractivity contribution in [1.29, 1.82) is 0 Å². The van der Waals surface area contributed by atoms with Crippen molar-refractivity contribution in [2.75, 3.05) is 19.7 Å². The minimum atomic E-state index is -0.357. The van der Waals surface area contributed by atoms with Crippen LogP contribution in [0, 0.1) is 11.3 Å². The molecule has 0 radical (unpaired) electrons. The molecule has 0 aromatic carbocycles. The van der Waals surface area contributed by atoms with Crippen LogP contribution in [0.5, 0.6) is 0 Å². The molecule has 1 unspecified atom stereocenters. The second kappa shape index (κ2) is 6.89. The van der Waals surface area contributed by atoms with Crippen molar-refractivity contribution < 1.29 is 9.90 Å². The highest BCUT2D eigenvalue weighted by Crippen LogP contribution is 2.18. The van der Waals surface area contributed by atoms with Crippen LogP contribution in [0.4, 0.5) is 0 Å². The van der Waals surface area contributed by atoms with E-state index in [0.29, 0.717) is 12.5 Å². The molecule has 96 valence electrons. The summed E-state index contributed by atoms with van der Waals surface area (Å²) in [5.41, 5.74) is -0.357. The SMILES string of the molecule is CCC(C)CCN(CCO)C(=O)C(C)(C)C. The van der Waals surface area contributed by atoms with Crippen molar-refractivity contribution in [3.05, 3.63) is 0 Å². The van der Waals surface area contributed by atoms with Crippen molar-refractivity contribution in [2.45, 2.75) is 47.5 Å². The summed E-state index contributed by atoms with van der Waals surface area (Å²) in [6, 6.07) is 0. The standard InChI is InChI=1S/C13H27NO2/c1-6-11(2)7-8-14(9-10-15)12(16)13(3,4)5/h11,15H,6-10H2,1-5H3. The van der Waals surface area contributed by atoms with Gasteiger partial charge in [-0.1, -0.05) is 41.0 Å². The van der Waals surface area contributed by atoms with Gasteiger partial charge in [-0.2, -0.15) is 0 Å². The Kier molecular flexibility index (Phi) is 6.65. The maximum Gasteiger partial charge on any atom is 0.228 e. The van der Waals surface area contributed by atoms with E-state index in [-0.39, 0.29) is 17.9 Å². The van der Waals surface area contributed by atoms with Gasteiger partial charge in [0.1, 0.15) is 0 Å². The van der Waals surface area contributed by atoms with Gasteiger partial charge < -0.3 is 10.0 Å². The molecule has 0 aromatic rings. The number of amides is 1. The molecular formula is C13H27NO2. The van der Waals surface area contributed by atoms with Crippen LogP contribution >= 0.6 is 0 Å². The highest BCUT2D eigenvalue weighted by atomic mass is 16.3. The summed E-state index contributed by atoms with van der Waals surface area (Å²) in [5.74, 6) is 0.763. The largest absolute Gasteiger partial charge is 0.395 e. The quantitative estimate of drug-likeness (QED) is 0.759. The Balaban J connectivity index is 4.32. The summed E-state index contributed by atoms with van der Waals surface area (Å²) in [4.78, 5) is 13.9. The summed E-state index contributed by atoms with van der Waals surface area (Å²) in [6.07, 6.45) is 2.15. The molecule has 0 spiro atoms. The highest BCUT2D eigenvalue weighted by molar-refractivity contribution is 5.81. The smallest absolute Gasteiger partial charge is 0.228 e. The van der Waals surface area contributed by atoms with Crippen LogP contribution in [0.25, 0.3) is 0 Å². The lowest BCUT2D eigenvalue weighted by atomic mass is 9.94. The average molecular weight is 229 g/mol. The maximum absolute atomic E-state index is 12.1. The Morgan fingerprint density at radius 3 is 2.25 bits per heavy atom. The molecule has 0 aliphatic heterocycles. The zero-order valence-electron chi connectivity index (χ0n) is 11.4. The number of aliphatic hydroxyl groups excluding tert-OH is 1. The second-order valence-electron chi connectivity index (χ2n) is 5.57. The van der Waals surface area contributed by atoms with Crippen LogP contribution in [-0.4, -0.2) is 35.6 Å². The van der Waals surface area contributed by atoms with Gasteiger partial charge in [-0.25, -0.2) is 0 Å². The second-order valence-corrected chi connectivity index (χ2v) is 5.57. The van der Waals surface area contributed by atoms with Gasteiger partial charge in [0, 0.05) is 18.5 Å². The maximum atomic E-state index is 12.1. The molecule has 16 heavy (non-hydrogen) atoms. The predicted molar refractivity (Wildman–Crippen MR) is 67.2 cm³/mol. The first-order chi connectivity index (χ1) is 7.32. The Morgan fingerprint density at radius 1 is 1.31 bits per heavy atom. The minimum Gasteiger partial charge on any atom is -0.395 e. The summed E-state index contributed by atoms with van der Waals surface area (Å²) in [6.45, 7) is 11.4. The average Bonchev–Trinajstić information content (AvgIpc) is 2.21. The van der Waals surface area contributed by atoms with Gasteiger partial charge in [0.15, 0.2) is 0 Å². The summed E-state index contributed by atoms with van der Waals surface area (Å²) in [7, 11) is 0. The van der Waals surface area contributed by atoms with Crippen molar-refractivity contribution in [2.24, 2.45) is 11.3 Å². The molecule has 0 bridgehead atoms. The van der Waals surface area contributed by atoms with Gasteiger partial charge in [-0.15, -0.1) is 0 Å². The van der Waals surface area contributed by atoms with E-state index < -0.39 is 0 Å². The number of hydrogen-bond acceptors (Lipinski definition) is 2. The third-order valence-electron chi connectivity index (χ3n) is 2.89. The van der Waals surface area contributed by atoms with E-state index in [4.69, 9.17) is 5.11 Å². The molecule has 0 fully saturated rings. The molecule has 0 saturated heterocycles. The molecule has 3 heteroatoms. The van der Waals surface area contributed by atoms with Crippen molar-refractivity contribution in [1.82, 2.24) is 4.90 Å². The third-order valence-corrected chi connectivity index (χ3v) is 2.89. The van der Waals surface area contributed by atoms with Crippen LogP contribution in [0.1, 0.15) is 47.5 Å². The molecular weight excluding hydrogens is 202 g/mol. The molecule has 1 amide bonds. The lowest BCUT2D eigenvalue weighted by molar-refractivity contribution is -0.140. The molecule has 0 rings (SSSR count). The fraction of sp³-hybridized carbons (Fsp3) is 0.923. The number of rotatable bonds is 6. The molecule has 0 saturated carbocycles. The predicted octanol–water partition coefficient (Wildman–Crippen LogP) is 2.29. The van der Waals surface area contributed by atoms with E-state index in [1.54, 1.807) is 4.90 Å². The Bertz CT molecular complexity index is 208. The van der Waals surface area contributed by atoms with Gasteiger partial charge in [-0.3, -0.25) is 4.79 Å². The molecule has 0 aromatic heterocycles. The van der Waals surface area contributed by atoms with Crippen LogP contribution in [0.3, 0.4) is 0 Å². The van der Waals surface area contributed by atoms with E-state index in [0.717, 1.165) is 19.4 Å². The van der Waals surface area contributed by atoms with Crippen molar-refractivity contribution >= 4 is 5.91 Å². The van der Waals surface area contributed by atoms with E-state index in [1.165, 1.54) is 0 Å². The number of nitrogens with zero attached hydrogens (tertiary/aromatic N) is 1. The van der Waals surface area contributed by atoms with E-state index in [2.05, 4.69) is 13.8 Å². The zero-order valence-corrected chi connectivity index (χ0v) is 11.4. The van der Waals surface area contributed by atoms with Crippen molar-refractivity contribution in [3.8, 4) is 0 Å². The lowest BCUT2D eigenvalue weighted by Gasteiger charge is -2.29.